The highest BCUT2D eigenvalue weighted by atomic mass is 127. The number of benzene rings is 1. The van der Waals surface area contributed by atoms with Gasteiger partial charge in [0.2, 0.25) is 5.88 Å². The van der Waals surface area contributed by atoms with Crippen molar-refractivity contribution in [2.45, 2.75) is 32.9 Å². The molecule has 1 saturated carbocycles. The van der Waals surface area contributed by atoms with Gasteiger partial charge in [-0.05, 0) is 48.9 Å². The Bertz CT molecular complexity index is 849. The van der Waals surface area contributed by atoms with E-state index in [-0.39, 0.29) is 29.9 Å². The largest absolute Gasteiger partial charge is 0.477 e. The summed E-state index contributed by atoms with van der Waals surface area (Å²) in [6, 6.07) is 11.5. The van der Waals surface area contributed by atoms with Gasteiger partial charge in [0.1, 0.15) is 0 Å². The molecule has 0 spiro atoms. The predicted molar refractivity (Wildman–Crippen MR) is 134 cm³/mol. The van der Waals surface area contributed by atoms with Crippen LogP contribution in [0, 0.1) is 5.92 Å². The van der Waals surface area contributed by atoms with Gasteiger partial charge in [-0.15, -0.1) is 24.0 Å². The second kappa shape index (κ2) is 12.5. The molecule has 0 radical (unpaired) electrons. The van der Waals surface area contributed by atoms with Gasteiger partial charge in [-0.1, -0.05) is 18.2 Å². The van der Waals surface area contributed by atoms with Gasteiger partial charge in [-0.3, -0.25) is 4.79 Å². The molecule has 31 heavy (non-hydrogen) atoms. The normalized spacial score (nSPS) is 13.2. The van der Waals surface area contributed by atoms with Gasteiger partial charge in [-0.25, -0.2) is 9.98 Å². The molecule has 2 aromatic rings. The Labute approximate surface area is 201 Å². The van der Waals surface area contributed by atoms with E-state index >= 15 is 0 Å². The number of ether oxygens (including phenoxy) is 1. The second-order valence-electron chi connectivity index (χ2n) is 7.70. The summed E-state index contributed by atoms with van der Waals surface area (Å²) >= 11 is 0. The summed E-state index contributed by atoms with van der Waals surface area (Å²) in [6.45, 7) is 4.72. The van der Waals surface area contributed by atoms with Crippen LogP contribution >= 0.6 is 24.0 Å². The van der Waals surface area contributed by atoms with E-state index in [0.29, 0.717) is 24.5 Å². The molecule has 1 aliphatic rings. The van der Waals surface area contributed by atoms with E-state index in [1.165, 1.54) is 12.8 Å². The lowest BCUT2D eigenvalue weighted by atomic mass is 10.1. The third kappa shape index (κ3) is 8.35. The molecule has 0 unspecified atom stereocenters. The van der Waals surface area contributed by atoms with E-state index in [9.17, 15) is 4.79 Å². The molecule has 0 saturated heterocycles. The quantitative estimate of drug-likeness (QED) is 0.291. The molecule has 0 atom stereocenters. The van der Waals surface area contributed by atoms with Crippen molar-refractivity contribution in [1.82, 2.24) is 20.5 Å². The number of amides is 1. The van der Waals surface area contributed by atoms with Crippen molar-refractivity contribution in [3.8, 4) is 5.88 Å². The molecule has 1 aromatic carbocycles. The van der Waals surface area contributed by atoms with Crippen LogP contribution in [-0.2, 0) is 13.1 Å². The van der Waals surface area contributed by atoms with Crippen LogP contribution in [0.4, 0.5) is 0 Å². The molecule has 1 aromatic heterocycles. The van der Waals surface area contributed by atoms with E-state index in [1.807, 2.05) is 49.5 Å². The minimum atomic E-state index is 0. The summed E-state index contributed by atoms with van der Waals surface area (Å²) < 4.78 is 5.68. The minimum Gasteiger partial charge on any atom is -0.477 e. The third-order valence-corrected chi connectivity index (χ3v) is 4.79. The number of halogens is 1. The summed E-state index contributed by atoms with van der Waals surface area (Å²) in [4.78, 5) is 22.6. The fourth-order valence-electron chi connectivity index (χ4n) is 2.80. The maximum atomic E-state index is 12.0. The standard InChI is InChI=1S/C23H31N5O2.HI/c1-4-24-23(26-13-17-7-10-20(11-8-17)22(29)28(2)3)27-15-19-9-12-21(25-14-19)30-16-18-5-6-18;/h7-12,14,18H,4-6,13,15-16H2,1-3H3,(H2,24,26,27);1H. The Morgan fingerprint density at radius 2 is 1.84 bits per heavy atom. The Morgan fingerprint density at radius 1 is 1.13 bits per heavy atom. The first-order valence-corrected chi connectivity index (χ1v) is 10.5. The van der Waals surface area contributed by atoms with Crippen molar-refractivity contribution in [2.24, 2.45) is 10.9 Å². The molecule has 0 bridgehead atoms. The van der Waals surface area contributed by atoms with Gasteiger partial charge in [0.25, 0.3) is 5.91 Å². The van der Waals surface area contributed by atoms with Crippen molar-refractivity contribution in [1.29, 1.82) is 0 Å². The molecular formula is C23H32IN5O2. The topological polar surface area (TPSA) is 78.9 Å². The molecule has 1 fully saturated rings. The Balaban J connectivity index is 0.00000341. The van der Waals surface area contributed by atoms with Crippen LogP contribution in [0.1, 0.15) is 41.3 Å². The minimum absolute atomic E-state index is 0. The monoisotopic (exact) mass is 537 g/mol. The molecule has 1 amide bonds. The molecule has 7 nitrogen and oxygen atoms in total. The van der Waals surface area contributed by atoms with E-state index in [1.54, 1.807) is 19.0 Å². The van der Waals surface area contributed by atoms with Gasteiger partial charge in [-0.2, -0.15) is 0 Å². The number of nitrogens with one attached hydrogen (secondary N) is 2. The number of pyridine rings is 1. The first kappa shape index (κ1) is 24.9. The number of aromatic nitrogens is 1. The molecule has 2 N–H and O–H groups in total. The highest BCUT2D eigenvalue weighted by Gasteiger charge is 2.22. The van der Waals surface area contributed by atoms with Crippen LogP contribution in [0.5, 0.6) is 5.88 Å². The fraction of sp³-hybridized carbons (Fsp3) is 0.435. The predicted octanol–water partition coefficient (Wildman–Crippen LogP) is 3.45. The van der Waals surface area contributed by atoms with E-state index in [2.05, 4.69) is 20.6 Å². The molecule has 168 valence electrons. The highest BCUT2D eigenvalue weighted by molar-refractivity contribution is 14.0. The van der Waals surface area contributed by atoms with Gasteiger partial charge in [0, 0.05) is 45.0 Å². The zero-order valence-electron chi connectivity index (χ0n) is 18.4. The summed E-state index contributed by atoms with van der Waals surface area (Å²) in [7, 11) is 3.50. The number of rotatable bonds is 9. The summed E-state index contributed by atoms with van der Waals surface area (Å²) in [6.07, 6.45) is 4.35. The van der Waals surface area contributed by atoms with Gasteiger partial charge in [0.15, 0.2) is 5.96 Å². The van der Waals surface area contributed by atoms with Crippen LogP contribution in [0.3, 0.4) is 0 Å². The summed E-state index contributed by atoms with van der Waals surface area (Å²) in [5.74, 6) is 2.13. The Hall–Kier alpha value is -2.36. The van der Waals surface area contributed by atoms with Crippen LogP contribution < -0.4 is 15.4 Å². The zero-order valence-corrected chi connectivity index (χ0v) is 20.8. The maximum absolute atomic E-state index is 12.0. The van der Waals surface area contributed by atoms with Crippen molar-refractivity contribution < 1.29 is 9.53 Å². The molecule has 0 aliphatic heterocycles. The smallest absolute Gasteiger partial charge is 0.253 e. The number of carbonyl (C=O) groups excluding carboxylic acids is 1. The summed E-state index contributed by atoms with van der Waals surface area (Å²) in [5, 5.41) is 6.58. The van der Waals surface area contributed by atoms with Gasteiger partial charge in [0.05, 0.1) is 13.2 Å². The number of hydrogen-bond donors (Lipinski definition) is 2. The second-order valence-corrected chi connectivity index (χ2v) is 7.70. The average molecular weight is 537 g/mol. The van der Waals surface area contributed by atoms with Crippen molar-refractivity contribution >= 4 is 35.8 Å². The van der Waals surface area contributed by atoms with Crippen LogP contribution in [-0.4, -0.2) is 49.0 Å². The molecule has 1 heterocycles. The molecule has 8 heteroatoms. The van der Waals surface area contributed by atoms with Crippen LogP contribution in [0.15, 0.2) is 47.6 Å². The maximum Gasteiger partial charge on any atom is 0.253 e. The Kier molecular flexibility index (Phi) is 10.0. The number of nitrogens with zero attached hydrogens (tertiary/aromatic N) is 3. The van der Waals surface area contributed by atoms with Crippen molar-refractivity contribution in [3.05, 3.63) is 59.3 Å². The molecular weight excluding hydrogens is 505 g/mol. The van der Waals surface area contributed by atoms with E-state index in [4.69, 9.17) is 4.74 Å². The van der Waals surface area contributed by atoms with Gasteiger partial charge >= 0.3 is 0 Å². The molecule has 3 rings (SSSR count). The van der Waals surface area contributed by atoms with Crippen molar-refractivity contribution in [2.75, 3.05) is 27.2 Å². The lowest BCUT2D eigenvalue weighted by Crippen LogP contribution is -2.36. The lowest BCUT2D eigenvalue weighted by Gasteiger charge is -2.13. The number of carbonyl (C=O) groups is 1. The third-order valence-electron chi connectivity index (χ3n) is 4.79. The van der Waals surface area contributed by atoms with E-state index in [0.717, 1.165) is 36.2 Å². The number of guanidine groups is 1. The van der Waals surface area contributed by atoms with E-state index < -0.39 is 0 Å². The number of hydrogen-bond acceptors (Lipinski definition) is 4. The SMILES string of the molecule is CCNC(=NCc1ccc(OCC2CC2)nc1)NCc1ccc(C(=O)N(C)C)cc1.I. The molecule has 1 aliphatic carbocycles. The van der Waals surface area contributed by atoms with Gasteiger partial charge < -0.3 is 20.3 Å². The first-order chi connectivity index (χ1) is 14.5. The highest BCUT2D eigenvalue weighted by Crippen LogP contribution is 2.29. The first-order valence-electron chi connectivity index (χ1n) is 10.5. The van der Waals surface area contributed by atoms with Crippen molar-refractivity contribution in [3.63, 3.8) is 0 Å². The summed E-state index contributed by atoms with van der Waals surface area (Å²) in [5.41, 5.74) is 2.79. The average Bonchev–Trinajstić information content (AvgIpc) is 3.59. The Morgan fingerprint density at radius 3 is 2.42 bits per heavy atom. The van der Waals surface area contributed by atoms with Crippen LogP contribution in [0.25, 0.3) is 0 Å². The lowest BCUT2D eigenvalue weighted by molar-refractivity contribution is 0.0827. The zero-order chi connectivity index (χ0) is 21.3. The van der Waals surface area contributed by atoms with Crippen LogP contribution in [0.2, 0.25) is 0 Å². The fourth-order valence-corrected chi connectivity index (χ4v) is 2.80. The number of aliphatic imine (C=N–C) groups is 1.